The molecule has 1 saturated heterocycles. The molecule has 2 aliphatic rings. The van der Waals surface area contributed by atoms with Gasteiger partial charge in [0, 0.05) is 24.6 Å². The molecule has 1 heterocycles. The second kappa shape index (κ2) is 6.84. The molecule has 114 valence electrons. The summed E-state index contributed by atoms with van der Waals surface area (Å²) in [4.78, 5) is 15.4. The van der Waals surface area contributed by atoms with Gasteiger partial charge in [0.25, 0.3) is 0 Å². The highest BCUT2D eigenvalue weighted by Gasteiger charge is 2.25. The van der Waals surface area contributed by atoms with Crippen LogP contribution in [0.15, 0.2) is 23.1 Å². The van der Waals surface area contributed by atoms with E-state index in [-0.39, 0.29) is 12.5 Å². The Balaban J connectivity index is 1.50. The summed E-state index contributed by atoms with van der Waals surface area (Å²) in [5.74, 6) is 1.26. The molecule has 1 aliphatic carbocycles. The van der Waals surface area contributed by atoms with Crippen LogP contribution in [0.2, 0.25) is 0 Å². The van der Waals surface area contributed by atoms with Gasteiger partial charge in [-0.3, -0.25) is 4.79 Å². The van der Waals surface area contributed by atoms with Crippen LogP contribution in [-0.4, -0.2) is 41.4 Å². The summed E-state index contributed by atoms with van der Waals surface area (Å²) in [5, 5.41) is 8.97. The monoisotopic (exact) mass is 305 g/mol. The van der Waals surface area contributed by atoms with Crippen LogP contribution in [0.5, 0.6) is 0 Å². The maximum absolute atomic E-state index is 12.2. The largest absolute Gasteiger partial charge is 0.396 e. The minimum atomic E-state index is 0.233. The van der Waals surface area contributed by atoms with Crippen LogP contribution < -0.4 is 0 Å². The van der Waals surface area contributed by atoms with Crippen molar-refractivity contribution in [2.45, 2.75) is 37.0 Å². The molecule has 0 spiro atoms. The Labute approximate surface area is 130 Å². The van der Waals surface area contributed by atoms with Crippen LogP contribution in [0, 0.1) is 5.92 Å². The summed E-state index contributed by atoms with van der Waals surface area (Å²) < 4.78 is 0. The number of benzene rings is 1. The van der Waals surface area contributed by atoms with Crippen LogP contribution in [0.3, 0.4) is 0 Å². The summed E-state index contributed by atoms with van der Waals surface area (Å²) >= 11 is 1.66. The van der Waals surface area contributed by atoms with Gasteiger partial charge in [0.05, 0.1) is 5.75 Å². The molecule has 0 bridgehead atoms. The number of rotatable bonds is 5. The van der Waals surface area contributed by atoms with E-state index < -0.39 is 0 Å². The van der Waals surface area contributed by atoms with E-state index >= 15 is 0 Å². The number of likely N-dealkylation sites (tertiary alicyclic amines) is 1. The Hall–Kier alpha value is -1.00. The Bertz CT molecular complexity index is 518. The van der Waals surface area contributed by atoms with Gasteiger partial charge in [0.2, 0.25) is 5.91 Å². The molecule has 3 nitrogen and oxygen atoms in total. The van der Waals surface area contributed by atoms with Crippen molar-refractivity contribution in [1.29, 1.82) is 0 Å². The number of thioether (sulfide) groups is 1. The van der Waals surface area contributed by atoms with E-state index in [1.807, 2.05) is 4.90 Å². The van der Waals surface area contributed by atoms with Gasteiger partial charge in [-0.15, -0.1) is 11.8 Å². The molecule has 0 aromatic heterocycles. The van der Waals surface area contributed by atoms with E-state index in [0.29, 0.717) is 11.7 Å². The Kier molecular flexibility index (Phi) is 4.86. The van der Waals surface area contributed by atoms with Gasteiger partial charge in [-0.1, -0.05) is 6.07 Å². The van der Waals surface area contributed by atoms with Gasteiger partial charge >= 0.3 is 0 Å². The molecule has 1 fully saturated rings. The molecule has 1 atom stereocenters. The normalized spacial score (nSPS) is 20.8. The predicted molar refractivity (Wildman–Crippen MR) is 85.6 cm³/mol. The lowest BCUT2D eigenvalue weighted by Gasteiger charge is -2.16. The zero-order valence-electron chi connectivity index (χ0n) is 12.4. The number of nitrogens with zero attached hydrogens (tertiary/aromatic N) is 1. The number of hydrogen-bond acceptors (Lipinski definition) is 3. The third kappa shape index (κ3) is 3.61. The van der Waals surface area contributed by atoms with Gasteiger partial charge < -0.3 is 10.0 Å². The number of fused-ring (bicyclic) bond motifs is 1. The summed E-state index contributed by atoms with van der Waals surface area (Å²) in [6, 6.07) is 6.64. The quantitative estimate of drug-likeness (QED) is 0.850. The third-order valence-electron chi connectivity index (χ3n) is 4.61. The van der Waals surface area contributed by atoms with Crippen molar-refractivity contribution < 1.29 is 9.90 Å². The Morgan fingerprint density at radius 1 is 1.33 bits per heavy atom. The van der Waals surface area contributed by atoms with Crippen molar-refractivity contribution in [2.24, 2.45) is 5.92 Å². The maximum Gasteiger partial charge on any atom is 0.232 e. The fourth-order valence-electron chi connectivity index (χ4n) is 3.35. The number of carbonyl (C=O) groups excluding carboxylic acids is 1. The lowest BCUT2D eigenvalue weighted by Crippen LogP contribution is -2.30. The molecule has 4 heteroatoms. The maximum atomic E-state index is 12.2. The minimum Gasteiger partial charge on any atom is -0.396 e. The first-order chi connectivity index (χ1) is 10.3. The van der Waals surface area contributed by atoms with Crippen LogP contribution in [0.4, 0.5) is 0 Å². The first kappa shape index (κ1) is 14.9. The first-order valence-corrected chi connectivity index (χ1v) is 8.88. The van der Waals surface area contributed by atoms with Crippen molar-refractivity contribution in [2.75, 3.05) is 25.4 Å². The molecule has 0 radical (unpaired) electrons. The van der Waals surface area contributed by atoms with Crippen molar-refractivity contribution in [3.8, 4) is 0 Å². The highest BCUT2D eigenvalue weighted by molar-refractivity contribution is 8.00. The van der Waals surface area contributed by atoms with Crippen molar-refractivity contribution in [3.63, 3.8) is 0 Å². The second-order valence-corrected chi connectivity index (χ2v) is 7.13. The van der Waals surface area contributed by atoms with E-state index in [1.165, 1.54) is 35.3 Å². The molecule has 3 rings (SSSR count). The lowest BCUT2D eigenvalue weighted by atomic mass is 10.1. The zero-order chi connectivity index (χ0) is 14.7. The molecular weight excluding hydrogens is 282 g/mol. The van der Waals surface area contributed by atoms with Gasteiger partial charge in [0.15, 0.2) is 0 Å². The standard InChI is InChI=1S/C17H23NO2S/c19-9-7-13-6-8-18(11-13)17(20)12-21-16-5-4-14-2-1-3-15(14)10-16/h4-5,10,13,19H,1-3,6-9,11-12H2. The molecule has 1 amide bonds. The molecule has 0 saturated carbocycles. The van der Waals surface area contributed by atoms with Gasteiger partial charge in [-0.2, -0.15) is 0 Å². The average Bonchev–Trinajstić information content (AvgIpc) is 3.13. The smallest absolute Gasteiger partial charge is 0.232 e. The summed E-state index contributed by atoms with van der Waals surface area (Å²) in [7, 11) is 0. The number of aliphatic hydroxyl groups excluding tert-OH is 1. The van der Waals surface area contributed by atoms with Gasteiger partial charge in [-0.05, 0) is 61.3 Å². The Morgan fingerprint density at radius 3 is 3.05 bits per heavy atom. The number of hydrogen-bond donors (Lipinski definition) is 1. The van der Waals surface area contributed by atoms with Crippen molar-refractivity contribution >= 4 is 17.7 Å². The number of aliphatic hydroxyl groups is 1. The van der Waals surface area contributed by atoms with Gasteiger partial charge in [-0.25, -0.2) is 0 Å². The van der Waals surface area contributed by atoms with Crippen LogP contribution in [0.1, 0.15) is 30.4 Å². The minimum absolute atomic E-state index is 0.233. The average molecular weight is 305 g/mol. The number of aryl methyl sites for hydroxylation is 2. The summed E-state index contributed by atoms with van der Waals surface area (Å²) in [6.45, 7) is 1.91. The fraction of sp³-hybridized carbons (Fsp3) is 0.588. The van der Waals surface area contributed by atoms with Crippen LogP contribution in [0.25, 0.3) is 0 Å². The Morgan fingerprint density at radius 2 is 2.19 bits per heavy atom. The van der Waals surface area contributed by atoms with E-state index in [9.17, 15) is 4.79 Å². The van der Waals surface area contributed by atoms with E-state index in [4.69, 9.17) is 5.11 Å². The highest BCUT2D eigenvalue weighted by atomic mass is 32.2. The molecule has 1 unspecified atom stereocenters. The summed E-state index contributed by atoms with van der Waals surface area (Å²) in [6.07, 6.45) is 5.52. The predicted octanol–water partition coefficient (Wildman–Crippen LogP) is 2.50. The topological polar surface area (TPSA) is 40.5 Å². The van der Waals surface area contributed by atoms with Crippen LogP contribution >= 0.6 is 11.8 Å². The number of carbonyl (C=O) groups is 1. The molecule has 1 N–H and O–H groups in total. The molecule has 1 aromatic carbocycles. The van der Waals surface area contributed by atoms with E-state index in [1.54, 1.807) is 11.8 Å². The first-order valence-electron chi connectivity index (χ1n) is 7.89. The summed E-state index contributed by atoms with van der Waals surface area (Å²) in [5.41, 5.74) is 2.95. The van der Waals surface area contributed by atoms with Crippen molar-refractivity contribution in [1.82, 2.24) is 4.90 Å². The highest BCUT2D eigenvalue weighted by Crippen LogP contribution is 2.28. The fourth-order valence-corrected chi connectivity index (χ4v) is 4.21. The second-order valence-electron chi connectivity index (χ2n) is 6.08. The molecule has 1 aliphatic heterocycles. The van der Waals surface area contributed by atoms with Crippen molar-refractivity contribution in [3.05, 3.63) is 29.3 Å². The molecule has 21 heavy (non-hydrogen) atoms. The SMILES string of the molecule is O=C(CSc1ccc2c(c1)CCC2)N1CCC(CCO)C1. The van der Waals surface area contributed by atoms with Gasteiger partial charge in [0.1, 0.15) is 0 Å². The lowest BCUT2D eigenvalue weighted by molar-refractivity contribution is -0.127. The molecular formula is C17H23NO2S. The molecule has 1 aromatic rings. The third-order valence-corrected chi connectivity index (χ3v) is 5.59. The number of amides is 1. The zero-order valence-corrected chi connectivity index (χ0v) is 13.2. The van der Waals surface area contributed by atoms with E-state index in [0.717, 1.165) is 25.9 Å². The van der Waals surface area contributed by atoms with E-state index in [2.05, 4.69) is 18.2 Å². The van der Waals surface area contributed by atoms with Crippen LogP contribution in [-0.2, 0) is 17.6 Å².